The van der Waals surface area contributed by atoms with Crippen LogP contribution in [0.5, 0.6) is 6.01 Å². The van der Waals surface area contributed by atoms with Crippen LogP contribution in [0.4, 0.5) is 0 Å². The van der Waals surface area contributed by atoms with E-state index in [-0.39, 0.29) is 17.8 Å². The summed E-state index contributed by atoms with van der Waals surface area (Å²) in [4.78, 5) is 22.4. The zero-order chi connectivity index (χ0) is 18.6. The molecule has 0 unspecified atom stereocenters. The van der Waals surface area contributed by atoms with Crippen LogP contribution in [0.25, 0.3) is 0 Å². The minimum absolute atomic E-state index is 0.00809. The number of likely N-dealkylation sites (tertiary alicyclic amines) is 1. The number of carbonyl (C=O) groups excluding carboxylic acids is 1. The maximum atomic E-state index is 12.5. The molecule has 1 amide bonds. The molecule has 3 heterocycles. The van der Waals surface area contributed by atoms with Gasteiger partial charge in [-0.15, -0.1) is 0 Å². The van der Waals surface area contributed by atoms with E-state index < -0.39 is 5.60 Å². The van der Waals surface area contributed by atoms with Gasteiger partial charge in [-0.1, -0.05) is 5.92 Å². The van der Waals surface area contributed by atoms with Crippen LogP contribution in [0.2, 0.25) is 0 Å². The quantitative estimate of drug-likeness (QED) is 0.846. The fraction of sp³-hybridized carbons (Fsp3) is 0.421. The molecule has 0 bridgehead atoms. The number of ether oxygens (including phenoxy) is 1. The molecule has 26 heavy (non-hydrogen) atoms. The molecule has 1 saturated heterocycles. The van der Waals surface area contributed by atoms with Gasteiger partial charge in [-0.2, -0.15) is 0 Å². The Bertz CT molecular complexity index is 807. The van der Waals surface area contributed by atoms with E-state index in [0.717, 1.165) is 0 Å². The highest BCUT2D eigenvalue weighted by Gasteiger charge is 2.26. The zero-order valence-corrected chi connectivity index (χ0v) is 14.8. The number of nitrogens with zero attached hydrogens (tertiary/aromatic N) is 3. The van der Waals surface area contributed by atoms with E-state index in [2.05, 4.69) is 21.8 Å². The van der Waals surface area contributed by atoms with Gasteiger partial charge in [0.15, 0.2) is 11.5 Å². The number of hydrogen-bond acceptors (Lipinski definition) is 6. The highest BCUT2D eigenvalue weighted by molar-refractivity contribution is 5.91. The van der Waals surface area contributed by atoms with E-state index >= 15 is 0 Å². The van der Waals surface area contributed by atoms with Crippen molar-refractivity contribution in [2.75, 3.05) is 13.1 Å². The molecule has 2 aromatic heterocycles. The van der Waals surface area contributed by atoms with E-state index in [9.17, 15) is 9.90 Å². The van der Waals surface area contributed by atoms with E-state index in [1.165, 1.54) is 0 Å². The second-order valence-corrected chi connectivity index (χ2v) is 6.61. The lowest BCUT2D eigenvalue weighted by atomic mass is 10.1. The lowest BCUT2D eigenvalue weighted by Gasteiger charge is -2.31. The largest absolute Gasteiger partial charge is 0.460 e. The Morgan fingerprint density at radius 3 is 2.65 bits per heavy atom. The molecule has 0 radical (unpaired) electrons. The van der Waals surface area contributed by atoms with Gasteiger partial charge < -0.3 is 19.2 Å². The van der Waals surface area contributed by atoms with Gasteiger partial charge in [-0.05, 0) is 38.0 Å². The monoisotopic (exact) mass is 355 g/mol. The molecule has 136 valence electrons. The fourth-order valence-corrected chi connectivity index (χ4v) is 2.56. The summed E-state index contributed by atoms with van der Waals surface area (Å²) in [6, 6.07) is 5.34. The molecule has 7 heteroatoms. The van der Waals surface area contributed by atoms with Crippen molar-refractivity contribution in [3.63, 3.8) is 0 Å². The number of aromatic nitrogens is 2. The minimum atomic E-state index is -1.11. The molecule has 1 aliphatic rings. The van der Waals surface area contributed by atoms with Gasteiger partial charge in [0.25, 0.3) is 5.91 Å². The summed E-state index contributed by atoms with van der Waals surface area (Å²) in [6.07, 6.45) is 4.67. The Morgan fingerprint density at radius 2 is 2.00 bits per heavy atom. The summed E-state index contributed by atoms with van der Waals surface area (Å²) in [5.41, 5.74) is -1.11. The van der Waals surface area contributed by atoms with Gasteiger partial charge in [0.2, 0.25) is 0 Å². The third-order valence-corrected chi connectivity index (χ3v) is 3.85. The van der Waals surface area contributed by atoms with Crippen molar-refractivity contribution >= 4 is 5.91 Å². The standard InChI is InChI=1S/C19H21N3O4/c1-19(2,24)9-6-14-4-5-16(25-14)17(23)22-12-7-15(8-13-22)26-18-20-10-3-11-21-18/h3-5,10-11,15,24H,7-8,12-13H2,1-2H3. The van der Waals surface area contributed by atoms with Crippen molar-refractivity contribution in [2.45, 2.75) is 38.4 Å². The van der Waals surface area contributed by atoms with Gasteiger partial charge in [0.05, 0.1) is 0 Å². The Hall–Kier alpha value is -2.85. The molecule has 1 N–H and O–H groups in total. The molecule has 7 nitrogen and oxygen atoms in total. The summed E-state index contributed by atoms with van der Waals surface area (Å²) in [6.45, 7) is 4.31. The first kappa shape index (κ1) is 18.0. The Labute approximate surface area is 152 Å². The zero-order valence-electron chi connectivity index (χ0n) is 14.8. The Morgan fingerprint density at radius 1 is 1.31 bits per heavy atom. The number of furan rings is 1. The molecule has 0 spiro atoms. The maximum Gasteiger partial charge on any atom is 0.316 e. The topological polar surface area (TPSA) is 88.7 Å². The van der Waals surface area contributed by atoms with Crippen LogP contribution in [0.1, 0.15) is 43.0 Å². The first-order valence-corrected chi connectivity index (χ1v) is 8.49. The van der Waals surface area contributed by atoms with Gasteiger partial charge in [-0.25, -0.2) is 9.97 Å². The third kappa shape index (κ3) is 4.83. The van der Waals surface area contributed by atoms with Gasteiger partial charge >= 0.3 is 6.01 Å². The van der Waals surface area contributed by atoms with Crippen LogP contribution in [-0.4, -0.2) is 50.7 Å². The summed E-state index contributed by atoms with van der Waals surface area (Å²) in [5, 5.41) is 9.62. The number of rotatable bonds is 3. The first-order chi connectivity index (χ1) is 12.4. The lowest BCUT2D eigenvalue weighted by molar-refractivity contribution is 0.0550. The SMILES string of the molecule is CC(C)(O)C#Cc1ccc(C(=O)N2CCC(Oc3ncccn3)CC2)o1. The summed E-state index contributed by atoms with van der Waals surface area (Å²) >= 11 is 0. The molecule has 1 aliphatic heterocycles. The van der Waals surface area contributed by atoms with Crippen LogP contribution >= 0.6 is 0 Å². The summed E-state index contributed by atoms with van der Waals surface area (Å²) in [5.74, 6) is 5.82. The average Bonchev–Trinajstić information content (AvgIpc) is 3.09. The van der Waals surface area contributed by atoms with Crippen LogP contribution in [0.3, 0.4) is 0 Å². The van der Waals surface area contributed by atoms with Crippen molar-refractivity contribution in [3.05, 3.63) is 42.1 Å². The van der Waals surface area contributed by atoms with Crippen molar-refractivity contribution < 1.29 is 19.1 Å². The number of piperidine rings is 1. The molecular formula is C19H21N3O4. The molecule has 0 saturated carbocycles. The predicted molar refractivity (Wildman–Crippen MR) is 93.5 cm³/mol. The Kier molecular flexibility index (Phi) is 5.24. The fourth-order valence-electron chi connectivity index (χ4n) is 2.56. The molecule has 1 fully saturated rings. The number of aliphatic hydroxyl groups is 1. The Balaban J connectivity index is 1.55. The maximum absolute atomic E-state index is 12.5. The molecule has 3 rings (SSSR count). The van der Waals surface area contributed by atoms with E-state index in [1.54, 1.807) is 49.3 Å². The first-order valence-electron chi connectivity index (χ1n) is 8.49. The normalized spacial score (nSPS) is 15.3. The number of amides is 1. The summed E-state index contributed by atoms with van der Waals surface area (Å²) in [7, 11) is 0. The van der Waals surface area contributed by atoms with Crippen LogP contribution in [0, 0.1) is 11.8 Å². The minimum Gasteiger partial charge on any atom is -0.460 e. The molecular weight excluding hydrogens is 334 g/mol. The highest BCUT2D eigenvalue weighted by Crippen LogP contribution is 2.18. The van der Waals surface area contributed by atoms with Gasteiger partial charge in [-0.3, -0.25) is 4.79 Å². The average molecular weight is 355 g/mol. The number of carbonyl (C=O) groups is 1. The van der Waals surface area contributed by atoms with E-state index in [1.807, 2.05) is 0 Å². The van der Waals surface area contributed by atoms with Crippen LogP contribution in [-0.2, 0) is 0 Å². The molecule has 0 aliphatic carbocycles. The highest BCUT2D eigenvalue weighted by atomic mass is 16.5. The van der Waals surface area contributed by atoms with Crippen molar-refractivity contribution in [1.29, 1.82) is 0 Å². The molecule has 0 aromatic carbocycles. The van der Waals surface area contributed by atoms with Crippen LogP contribution < -0.4 is 4.74 Å². The smallest absolute Gasteiger partial charge is 0.316 e. The molecule has 0 atom stereocenters. The lowest BCUT2D eigenvalue weighted by Crippen LogP contribution is -2.41. The van der Waals surface area contributed by atoms with E-state index in [4.69, 9.17) is 9.15 Å². The number of hydrogen-bond donors (Lipinski definition) is 1. The van der Waals surface area contributed by atoms with Gasteiger partial charge in [0.1, 0.15) is 11.7 Å². The van der Waals surface area contributed by atoms with Crippen molar-refractivity contribution in [3.8, 4) is 17.9 Å². The molecule has 2 aromatic rings. The third-order valence-electron chi connectivity index (χ3n) is 3.85. The van der Waals surface area contributed by atoms with Crippen molar-refractivity contribution in [1.82, 2.24) is 14.9 Å². The summed E-state index contributed by atoms with van der Waals surface area (Å²) < 4.78 is 11.2. The second kappa shape index (κ2) is 7.58. The van der Waals surface area contributed by atoms with Crippen molar-refractivity contribution in [2.24, 2.45) is 0 Å². The van der Waals surface area contributed by atoms with Gasteiger partial charge in [0, 0.05) is 38.3 Å². The predicted octanol–water partition coefficient (Wildman–Crippen LogP) is 1.88. The van der Waals surface area contributed by atoms with Crippen LogP contribution in [0.15, 0.2) is 35.0 Å². The van der Waals surface area contributed by atoms with E-state index in [0.29, 0.717) is 37.7 Å². The second-order valence-electron chi connectivity index (χ2n) is 6.61.